The Kier molecular flexibility index (Phi) is 7.02. The zero-order valence-electron chi connectivity index (χ0n) is 17.9. The molecule has 0 radical (unpaired) electrons. The SMILES string of the molecule is CC(C)Oc1cccc(C(=O)[C@@H]2CCCN(Cc3cnc(N4CCOCC4)s3)C2)c1. The van der Waals surface area contributed by atoms with Crippen molar-refractivity contribution in [1.29, 1.82) is 0 Å². The molecule has 162 valence electrons. The monoisotopic (exact) mass is 429 g/mol. The van der Waals surface area contributed by atoms with Crippen LogP contribution in [0.3, 0.4) is 0 Å². The third-order valence-electron chi connectivity index (χ3n) is 5.57. The Bertz CT molecular complexity index is 848. The van der Waals surface area contributed by atoms with E-state index in [0.29, 0.717) is 0 Å². The van der Waals surface area contributed by atoms with Crippen LogP contribution in [0.25, 0.3) is 0 Å². The number of nitrogens with zero attached hydrogens (tertiary/aromatic N) is 3. The lowest BCUT2D eigenvalue weighted by atomic mass is 9.90. The standard InChI is InChI=1S/C23H31N3O3S/c1-17(2)29-20-7-3-5-18(13-20)22(27)19-6-4-8-25(15-19)16-21-14-24-23(30-21)26-9-11-28-12-10-26/h3,5,7,13-14,17,19H,4,6,8-12,15-16H2,1-2H3/t19-/m1/s1. The van der Waals surface area contributed by atoms with E-state index in [4.69, 9.17) is 9.47 Å². The minimum absolute atomic E-state index is 0.0414. The van der Waals surface area contributed by atoms with Gasteiger partial charge in [0.05, 0.1) is 19.3 Å². The summed E-state index contributed by atoms with van der Waals surface area (Å²) in [6.07, 6.45) is 4.09. The molecule has 6 nitrogen and oxygen atoms in total. The molecule has 7 heteroatoms. The molecular formula is C23H31N3O3S. The number of rotatable bonds is 7. The zero-order chi connectivity index (χ0) is 20.9. The molecule has 30 heavy (non-hydrogen) atoms. The van der Waals surface area contributed by atoms with E-state index in [2.05, 4.69) is 14.8 Å². The molecule has 1 atom stereocenters. The predicted octanol–water partition coefficient (Wildman–Crippen LogP) is 3.86. The molecule has 0 amide bonds. The zero-order valence-corrected chi connectivity index (χ0v) is 18.7. The molecule has 0 unspecified atom stereocenters. The molecule has 0 bridgehead atoms. The number of aromatic nitrogens is 1. The second-order valence-electron chi connectivity index (χ2n) is 8.34. The van der Waals surface area contributed by atoms with Gasteiger partial charge in [-0.2, -0.15) is 0 Å². The van der Waals surface area contributed by atoms with Gasteiger partial charge in [-0.3, -0.25) is 9.69 Å². The number of piperidine rings is 1. The van der Waals surface area contributed by atoms with Crippen molar-refractivity contribution in [2.45, 2.75) is 39.3 Å². The van der Waals surface area contributed by atoms with Crippen LogP contribution >= 0.6 is 11.3 Å². The van der Waals surface area contributed by atoms with Gasteiger partial charge < -0.3 is 14.4 Å². The lowest BCUT2D eigenvalue weighted by molar-refractivity contribution is 0.0812. The number of thiazole rings is 1. The first-order valence-corrected chi connectivity index (χ1v) is 11.7. The predicted molar refractivity (Wildman–Crippen MR) is 120 cm³/mol. The van der Waals surface area contributed by atoms with Crippen molar-refractivity contribution in [2.24, 2.45) is 5.92 Å². The molecule has 2 saturated heterocycles. The first kappa shape index (κ1) is 21.3. The van der Waals surface area contributed by atoms with E-state index in [9.17, 15) is 4.79 Å². The summed E-state index contributed by atoms with van der Waals surface area (Å²) in [4.78, 5) is 23.7. The summed E-state index contributed by atoms with van der Waals surface area (Å²) in [7, 11) is 0. The van der Waals surface area contributed by atoms with Crippen LogP contribution in [0.4, 0.5) is 5.13 Å². The van der Waals surface area contributed by atoms with E-state index >= 15 is 0 Å². The minimum atomic E-state index is 0.0414. The van der Waals surface area contributed by atoms with Gasteiger partial charge in [-0.25, -0.2) is 4.98 Å². The smallest absolute Gasteiger partial charge is 0.185 e. The van der Waals surface area contributed by atoms with Gasteiger partial charge in [0.1, 0.15) is 5.75 Å². The van der Waals surface area contributed by atoms with Crippen LogP contribution in [0.1, 0.15) is 41.9 Å². The molecule has 4 rings (SSSR count). The Hall–Kier alpha value is -1.96. The maximum absolute atomic E-state index is 13.1. The summed E-state index contributed by atoms with van der Waals surface area (Å²) < 4.78 is 11.2. The molecular weight excluding hydrogens is 398 g/mol. The number of morpholine rings is 1. The number of carbonyl (C=O) groups is 1. The summed E-state index contributed by atoms with van der Waals surface area (Å²) >= 11 is 1.76. The molecule has 0 saturated carbocycles. The maximum Gasteiger partial charge on any atom is 0.185 e. The molecule has 1 aromatic carbocycles. The Balaban J connectivity index is 1.36. The fourth-order valence-corrected chi connectivity index (χ4v) is 5.14. The van der Waals surface area contributed by atoms with Crippen LogP contribution < -0.4 is 9.64 Å². The lowest BCUT2D eigenvalue weighted by Gasteiger charge is -2.31. The van der Waals surface area contributed by atoms with E-state index in [0.717, 1.165) is 75.2 Å². The van der Waals surface area contributed by atoms with Gasteiger partial charge in [0.2, 0.25) is 0 Å². The van der Waals surface area contributed by atoms with Gasteiger partial charge in [0.25, 0.3) is 0 Å². The highest BCUT2D eigenvalue weighted by atomic mass is 32.1. The van der Waals surface area contributed by atoms with Gasteiger partial charge in [-0.05, 0) is 45.4 Å². The fourth-order valence-electron chi connectivity index (χ4n) is 4.14. The molecule has 2 aliphatic heterocycles. The number of hydrogen-bond acceptors (Lipinski definition) is 7. The summed E-state index contributed by atoms with van der Waals surface area (Å²) in [5, 5.41) is 1.08. The van der Waals surface area contributed by atoms with Crippen LogP contribution in [-0.2, 0) is 11.3 Å². The van der Waals surface area contributed by atoms with Gasteiger partial charge in [-0.1, -0.05) is 12.1 Å². The molecule has 0 spiro atoms. The van der Waals surface area contributed by atoms with Crippen LogP contribution in [0.15, 0.2) is 30.5 Å². The van der Waals surface area contributed by atoms with E-state index in [-0.39, 0.29) is 17.8 Å². The number of benzene rings is 1. The number of Topliss-reactive ketones (excluding diaryl/α,β-unsaturated/α-hetero) is 1. The van der Waals surface area contributed by atoms with Crippen molar-refractivity contribution in [1.82, 2.24) is 9.88 Å². The number of anilines is 1. The lowest BCUT2D eigenvalue weighted by Crippen LogP contribution is -2.38. The number of likely N-dealkylation sites (tertiary alicyclic amines) is 1. The Morgan fingerprint density at radius 3 is 2.93 bits per heavy atom. The molecule has 0 N–H and O–H groups in total. The third kappa shape index (κ3) is 5.39. The van der Waals surface area contributed by atoms with Gasteiger partial charge >= 0.3 is 0 Å². The van der Waals surface area contributed by atoms with E-state index < -0.39 is 0 Å². The molecule has 2 aliphatic rings. The number of ketones is 1. The molecule has 3 heterocycles. The van der Waals surface area contributed by atoms with Gasteiger partial charge in [0, 0.05) is 48.7 Å². The van der Waals surface area contributed by atoms with Crippen LogP contribution in [0.2, 0.25) is 0 Å². The first-order valence-electron chi connectivity index (χ1n) is 10.9. The van der Waals surface area contributed by atoms with Crippen molar-refractivity contribution in [3.8, 4) is 5.75 Å². The largest absolute Gasteiger partial charge is 0.491 e. The van der Waals surface area contributed by atoms with Crippen molar-refractivity contribution >= 4 is 22.3 Å². The summed E-state index contributed by atoms with van der Waals surface area (Å²) in [6.45, 7) is 10.1. The first-order chi connectivity index (χ1) is 14.6. The second kappa shape index (κ2) is 9.90. The second-order valence-corrected chi connectivity index (χ2v) is 9.44. The highest BCUT2D eigenvalue weighted by Crippen LogP contribution is 2.28. The highest BCUT2D eigenvalue weighted by Gasteiger charge is 2.27. The van der Waals surface area contributed by atoms with E-state index in [1.165, 1.54) is 4.88 Å². The van der Waals surface area contributed by atoms with Crippen molar-refractivity contribution in [2.75, 3.05) is 44.3 Å². The maximum atomic E-state index is 13.1. The number of carbonyl (C=O) groups excluding carboxylic acids is 1. The van der Waals surface area contributed by atoms with Gasteiger partial charge in [0.15, 0.2) is 10.9 Å². The quantitative estimate of drug-likeness (QED) is 0.623. The Morgan fingerprint density at radius 1 is 1.30 bits per heavy atom. The van der Waals surface area contributed by atoms with E-state index in [1.807, 2.05) is 44.3 Å². The van der Waals surface area contributed by atoms with Crippen molar-refractivity contribution in [3.63, 3.8) is 0 Å². The minimum Gasteiger partial charge on any atom is -0.491 e. The molecule has 2 aromatic rings. The molecule has 0 aliphatic carbocycles. The van der Waals surface area contributed by atoms with E-state index in [1.54, 1.807) is 11.3 Å². The third-order valence-corrected chi connectivity index (χ3v) is 6.61. The van der Waals surface area contributed by atoms with Crippen molar-refractivity contribution < 1.29 is 14.3 Å². The van der Waals surface area contributed by atoms with Gasteiger partial charge in [-0.15, -0.1) is 11.3 Å². The average molecular weight is 430 g/mol. The average Bonchev–Trinajstić information content (AvgIpc) is 3.22. The summed E-state index contributed by atoms with van der Waals surface area (Å²) in [5.41, 5.74) is 0.757. The Labute approximate surface area is 182 Å². The number of hydrogen-bond donors (Lipinski definition) is 0. The number of ether oxygens (including phenoxy) is 2. The summed E-state index contributed by atoms with van der Waals surface area (Å²) in [6, 6.07) is 7.63. The highest BCUT2D eigenvalue weighted by molar-refractivity contribution is 7.15. The topological polar surface area (TPSA) is 54.9 Å². The summed E-state index contributed by atoms with van der Waals surface area (Å²) in [5.74, 6) is 1.04. The fraction of sp³-hybridized carbons (Fsp3) is 0.565. The van der Waals surface area contributed by atoms with Crippen LogP contribution in [0, 0.1) is 5.92 Å². The van der Waals surface area contributed by atoms with Crippen LogP contribution in [0.5, 0.6) is 5.75 Å². The van der Waals surface area contributed by atoms with Crippen molar-refractivity contribution in [3.05, 3.63) is 40.9 Å². The van der Waals surface area contributed by atoms with Crippen LogP contribution in [-0.4, -0.2) is 61.2 Å². The normalized spacial score (nSPS) is 20.5. The molecule has 1 aromatic heterocycles. The molecule has 2 fully saturated rings. The Morgan fingerprint density at radius 2 is 2.13 bits per heavy atom.